The van der Waals surface area contributed by atoms with Crippen molar-refractivity contribution in [3.63, 3.8) is 0 Å². The molecule has 3 N–H and O–H groups in total. The number of rotatable bonds is 6. The topological polar surface area (TPSA) is 73.2 Å². The fourth-order valence-electron chi connectivity index (χ4n) is 2.99. The molecule has 3 aromatic carbocycles. The van der Waals surface area contributed by atoms with Crippen LogP contribution in [0.15, 0.2) is 66.7 Å². The van der Waals surface area contributed by atoms with Gasteiger partial charge in [-0.25, -0.2) is 0 Å². The molecule has 0 fully saturated rings. The molecule has 0 bridgehead atoms. The minimum atomic E-state index is 0.00403. The molecule has 0 amide bonds. The minimum absolute atomic E-state index is 0.00403. The van der Waals surface area contributed by atoms with E-state index in [1.807, 2.05) is 48.5 Å². The number of benzene rings is 3. The number of hydrogen-bond acceptors (Lipinski definition) is 5. The quantitative estimate of drug-likeness (QED) is 0.585. The maximum atomic E-state index is 9.52. The molecule has 0 atom stereocenters. The first-order chi connectivity index (χ1) is 12.6. The number of hydrogen-bond donors (Lipinski definition) is 3. The summed E-state index contributed by atoms with van der Waals surface area (Å²) < 4.78 is 5.47. The van der Waals surface area contributed by atoms with E-state index in [9.17, 15) is 15.5 Å². The summed E-state index contributed by atoms with van der Waals surface area (Å²) in [5, 5.41) is 28.1. The van der Waals surface area contributed by atoms with Crippen molar-refractivity contribution in [2.75, 3.05) is 12.3 Å². The highest BCUT2D eigenvalue weighted by molar-refractivity contribution is 5.74. The van der Waals surface area contributed by atoms with Crippen molar-refractivity contribution in [2.45, 2.75) is 13.0 Å². The van der Waals surface area contributed by atoms with Crippen LogP contribution in [-0.2, 0) is 13.0 Å². The third-order valence-electron chi connectivity index (χ3n) is 4.34. The van der Waals surface area contributed by atoms with Gasteiger partial charge in [-0.15, -0.1) is 5.23 Å². The second-order valence-corrected chi connectivity index (χ2v) is 5.98. The zero-order valence-corrected chi connectivity index (χ0v) is 14.5. The van der Waals surface area contributed by atoms with Crippen LogP contribution in [0.3, 0.4) is 0 Å². The van der Waals surface area contributed by atoms with Crippen molar-refractivity contribution in [2.24, 2.45) is 0 Å². The molecule has 3 rings (SSSR count). The predicted molar refractivity (Wildman–Crippen MR) is 99.7 cm³/mol. The number of anilines is 1. The molecule has 3 aromatic rings. The Morgan fingerprint density at radius 2 is 1.65 bits per heavy atom. The van der Waals surface area contributed by atoms with Gasteiger partial charge in [0.1, 0.15) is 5.75 Å². The van der Waals surface area contributed by atoms with Gasteiger partial charge in [0.05, 0.1) is 19.4 Å². The van der Waals surface area contributed by atoms with E-state index in [1.54, 1.807) is 25.3 Å². The summed E-state index contributed by atoms with van der Waals surface area (Å²) in [5.74, 6) is 0.698. The van der Waals surface area contributed by atoms with Crippen LogP contribution in [0.4, 0.5) is 5.69 Å². The van der Waals surface area contributed by atoms with E-state index in [2.05, 4.69) is 0 Å². The molecule has 0 unspecified atom stereocenters. The Bertz CT molecular complexity index is 893. The fourth-order valence-corrected chi connectivity index (χ4v) is 2.99. The van der Waals surface area contributed by atoms with Crippen molar-refractivity contribution >= 4 is 5.69 Å². The van der Waals surface area contributed by atoms with Gasteiger partial charge in [-0.3, -0.25) is 10.4 Å². The molecule has 0 heterocycles. The van der Waals surface area contributed by atoms with Gasteiger partial charge in [0.15, 0.2) is 0 Å². The lowest BCUT2D eigenvalue weighted by Gasteiger charge is -2.14. The smallest absolute Gasteiger partial charge is 0.126 e. The molecule has 0 saturated carbocycles. The van der Waals surface area contributed by atoms with Crippen molar-refractivity contribution in [1.82, 2.24) is 0 Å². The lowest BCUT2D eigenvalue weighted by molar-refractivity contribution is 0.0292. The Labute approximate surface area is 152 Å². The van der Waals surface area contributed by atoms with Crippen LogP contribution in [0, 0.1) is 0 Å². The highest BCUT2D eigenvalue weighted by Gasteiger charge is 2.11. The molecule has 5 nitrogen and oxygen atoms in total. The third kappa shape index (κ3) is 3.86. The van der Waals surface area contributed by atoms with Crippen LogP contribution in [-0.4, -0.2) is 22.6 Å². The average Bonchev–Trinajstić information content (AvgIpc) is 2.68. The Kier molecular flexibility index (Phi) is 5.53. The van der Waals surface area contributed by atoms with Crippen LogP contribution in [0.25, 0.3) is 11.1 Å². The maximum Gasteiger partial charge on any atom is 0.126 e. The number of methoxy groups -OCH3 is 1. The van der Waals surface area contributed by atoms with Crippen molar-refractivity contribution < 1.29 is 20.3 Å². The monoisotopic (exact) mass is 351 g/mol. The summed E-state index contributed by atoms with van der Waals surface area (Å²) in [4.78, 5) is 0. The van der Waals surface area contributed by atoms with Gasteiger partial charge >= 0.3 is 0 Å². The molecule has 134 valence electrons. The number of ether oxygens (including phenoxy) is 1. The maximum absolute atomic E-state index is 9.52. The molecular formula is C21H21NO4. The van der Waals surface area contributed by atoms with E-state index in [-0.39, 0.29) is 17.5 Å². The van der Waals surface area contributed by atoms with Crippen molar-refractivity contribution in [1.29, 1.82) is 0 Å². The first-order valence-corrected chi connectivity index (χ1v) is 8.25. The Morgan fingerprint density at radius 3 is 2.35 bits per heavy atom. The molecule has 26 heavy (non-hydrogen) atoms. The summed E-state index contributed by atoms with van der Waals surface area (Å²) in [5.41, 5.74) is 4.97. The summed E-state index contributed by atoms with van der Waals surface area (Å²) in [6.45, 7) is 0.00403. The summed E-state index contributed by atoms with van der Waals surface area (Å²) in [7, 11) is 1.60. The Balaban J connectivity index is 2.00. The first kappa shape index (κ1) is 17.9. The van der Waals surface area contributed by atoms with Gasteiger partial charge in [0.2, 0.25) is 0 Å². The van der Waals surface area contributed by atoms with E-state index >= 15 is 0 Å². The van der Waals surface area contributed by atoms with Gasteiger partial charge in [0.25, 0.3) is 0 Å². The van der Waals surface area contributed by atoms with Gasteiger partial charge in [-0.2, -0.15) is 0 Å². The van der Waals surface area contributed by atoms with Gasteiger partial charge < -0.3 is 9.84 Å². The highest BCUT2D eigenvalue weighted by atomic mass is 16.8. The van der Waals surface area contributed by atoms with Crippen LogP contribution in [0.2, 0.25) is 0 Å². The Hall–Kier alpha value is -2.86. The minimum Gasteiger partial charge on any atom is -0.496 e. The standard InChI is InChI=1S/C21H21NO4/c1-26-21-10-9-15(11-16-5-2-3-6-18(16)14-23)12-20(21)17-7-4-8-19(13-17)22(24)25/h2-10,12-13,23-25H,11,14H2,1H3. The van der Waals surface area contributed by atoms with Crippen LogP contribution < -0.4 is 9.96 Å². The van der Waals surface area contributed by atoms with Crippen molar-refractivity contribution in [3.8, 4) is 16.9 Å². The number of aliphatic hydroxyl groups excluding tert-OH is 1. The van der Waals surface area contributed by atoms with E-state index in [4.69, 9.17) is 4.74 Å². The molecule has 0 aromatic heterocycles. The SMILES string of the molecule is COc1ccc(Cc2ccccc2CO)cc1-c1cccc(N(O)O)c1. The first-order valence-electron chi connectivity index (χ1n) is 8.25. The Morgan fingerprint density at radius 1 is 0.885 bits per heavy atom. The van der Waals surface area contributed by atoms with E-state index in [0.29, 0.717) is 12.2 Å². The molecule has 0 aliphatic carbocycles. The molecule has 0 radical (unpaired) electrons. The van der Waals surface area contributed by atoms with E-state index < -0.39 is 0 Å². The molecule has 0 spiro atoms. The van der Waals surface area contributed by atoms with E-state index in [0.717, 1.165) is 27.8 Å². The zero-order valence-electron chi connectivity index (χ0n) is 14.5. The average molecular weight is 351 g/mol. The largest absolute Gasteiger partial charge is 0.496 e. The third-order valence-corrected chi connectivity index (χ3v) is 4.34. The van der Waals surface area contributed by atoms with Crippen LogP contribution in [0.1, 0.15) is 16.7 Å². The summed E-state index contributed by atoms with van der Waals surface area (Å²) in [6.07, 6.45) is 0.680. The van der Waals surface area contributed by atoms with Crippen LogP contribution >= 0.6 is 0 Å². The molecule has 0 saturated heterocycles. The number of aliphatic hydroxyl groups is 1. The highest BCUT2D eigenvalue weighted by Crippen LogP contribution is 2.33. The summed E-state index contributed by atoms with van der Waals surface area (Å²) >= 11 is 0. The lowest BCUT2D eigenvalue weighted by Crippen LogP contribution is -2.10. The van der Waals surface area contributed by atoms with Gasteiger partial charge in [0, 0.05) is 5.56 Å². The van der Waals surface area contributed by atoms with Gasteiger partial charge in [-0.1, -0.05) is 42.5 Å². The fraction of sp³-hybridized carbons (Fsp3) is 0.143. The molecule has 0 aliphatic heterocycles. The second-order valence-electron chi connectivity index (χ2n) is 5.98. The van der Waals surface area contributed by atoms with Crippen molar-refractivity contribution in [3.05, 3.63) is 83.4 Å². The van der Waals surface area contributed by atoms with E-state index in [1.165, 1.54) is 0 Å². The lowest BCUT2D eigenvalue weighted by atomic mass is 9.96. The molecule has 0 aliphatic rings. The molecular weight excluding hydrogens is 330 g/mol. The normalized spacial score (nSPS) is 10.6. The zero-order chi connectivity index (χ0) is 18.5. The van der Waals surface area contributed by atoms with Crippen LogP contribution in [0.5, 0.6) is 5.75 Å². The predicted octanol–water partition coefficient (Wildman–Crippen LogP) is 4.03. The summed E-state index contributed by atoms with van der Waals surface area (Å²) in [6, 6.07) is 20.6. The number of nitrogens with zero attached hydrogens (tertiary/aromatic N) is 1. The second kappa shape index (κ2) is 8.01. The molecule has 5 heteroatoms. The van der Waals surface area contributed by atoms with Gasteiger partial charge in [-0.05, 0) is 52.9 Å².